The van der Waals surface area contributed by atoms with Crippen LogP contribution in [0.25, 0.3) is 0 Å². The second kappa shape index (κ2) is 7.70. The first-order valence-corrected chi connectivity index (χ1v) is 7.53. The molecular formula is C16H18N2OS. The molecule has 104 valence electrons. The zero-order valence-corrected chi connectivity index (χ0v) is 12.3. The first-order valence-electron chi connectivity index (χ1n) is 6.65. The van der Waals surface area contributed by atoms with E-state index in [1.165, 1.54) is 0 Å². The molecule has 0 saturated heterocycles. The number of carbonyl (C=O) groups excluding carboxylic acids is 1. The third kappa shape index (κ3) is 4.70. The summed E-state index contributed by atoms with van der Waals surface area (Å²) in [6.45, 7) is 2.54. The molecule has 1 heterocycles. The molecule has 0 fully saturated rings. The molecule has 4 heteroatoms. The van der Waals surface area contributed by atoms with Gasteiger partial charge in [0.2, 0.25) is 5.91 Å². The van der Waals surface area contributed by atoms with Crippen LogP contribution in [-0.4, -0.2) is 22.7 Å². The average molecular weight is 286 g/mol. The van der Waals surface area contributed by atoms with Crippen molar-refractivity contribution in [3.8, 4) is 0 Å². The minimum Gasteiger partial charge on any atom is -0.355 e. The molecule has 1 aromatic carbocycles. The second-order valence-electron chi connectivity index (χ2n) is 4.44. The lowest BCUT2D eigenvalue weighted by Crippen LogP contribution is -2.32. The predicted molar refractivity (Wildman–Crippen MR) is 82.7 cm³/mol. The van der Waals surface area contributed by atoms with Crippen molar-refractivity contribution in [1.82, 2.24) is 10.3 Å². The summed E-state index contributed by atoms with van der Waals surface area (Å²) in [7, 11) is 0. The Kier molecular flexibility index (Phi) is 5.62. The van der Waals surface area contributed by atoms with Crippen LogP contribution in [0.2, 0.25) is 0 Å². The van der Waals surface area contributed by atoms with Gasteiger partial charge in [-0.25, -0.2) is 0 Å². The Morgan fingerprint density at radius 2 is 1.95 bits per heavy atom. The van der Waals surface area contributed by atoms with Gasteiger partial charge in [0.15, 0.2) is 0 Å². The quantitative estimate of drug-likeness (QED) is 0.830. The Hall–Kier alpha value is -1.81. The Bertz CT molecular complexity index is 531. The van der Waals surface area contributed by atoms with Gasteiger partial charge in [-0.05, 0) is 31.2 Å². The van der Waals surface area contributed by atoms with Gasteiger partial charge in [-0.15, -0.1) is 11.8 Å². The van der Waals surface area contributed by atoms with Gasteiger partial charge in [0.25, 0.3) is 0 Å². The molecule has 1 aromatic heterocycles. The first-order chi connectivity index (χ1) is 9.75. The monoisotopic (exact) mass is 286 g/mol. The van der Waals surface area contributed by atoms with Crippen LogP contribution in [-0.2, 0) is 11.2 Å². The van der Waals surface area contributed by atoms with Crippen LogP contribution < -0.4 is 5.32 Å². The lowest BCUT2D eigenvalue weighted by molar-refractivity contribution is -0.120. The van der Waals surface area contributed by atoms with Gasteiger partial charge in [-0.3, -0.25) is 9.78 Å². The zero-order valence-electron chi connectivity index (χ0n) is 11.5. The topological polar surface area (TPSA) is 42.0 Å². The van der Waals surface area contributed by atoms with Crippen molar-refractivity contribution in [3.05, 3.63) is 60.4 Å². The van der Waals surface area contributed by atoms with E-state index in [1.54, 1.807) is 18.0 Å². The van der Waals surface area contributed by atoms with Crippen molar-refractivity contribution >= 4 is 17.7 Å². The molecule has 2 rings (SSSR count). The van der Waals surface area contributed by atoms with E-state index < -0.39 is 0 Å². The van der Waals surface area contributed by atoms with E-state index in [2.05, 4.69) is 10.3 Å². The number of thioether (sulfide) groups is 1. The van der Waals surface area contributed by atoms with Crippen molar-refractivity contribution < 1.29 is 4.79 Å². The van der Waals surface area contributed by atoms with Crippen LogP contribution in [0.15, 0.2) is 59.6 Å². The van der Waals surface area contributed by atoms with E-state index in [0.29, 0.717) is 6.54 Å². The van der Waals surface area contributed by atoms with Crippen LogP contribution in [0.3, 0.4) is 0 Å². The summed E-state index contributed by atoms with van der Waals surface area (Å²) in [5.74, 6) is 0.0646. The van der Waals surface area contributed by atoms with Gasteiger partial charge < -0.3 is 5.32 Å². The number of amides is 1. The standard InChI is InChI=1S/C16H18N2OS/c1-13(20-15-8-3-2-4-9-15)16(19)18-12-10-14-7-5-6-11-17-14/h2-9,11,13H,10,12H2,1H3,(H,18,19). The minimum atomic E-state index is -0.0962. The maximum Gasteiger partial charge on any atom is 0.233 e. The third-order valence-corrected chi connectivity index (χ3v) is 3.94. The normalized spacial score (nSPS) is 11.8. The molecular weight excluding hydrogens is 268 g/mol. The summed E-state index contributed by atoms with van der Waals surface area (Å²) in [5.41, 5.74) is 0.996. The van der Waals surface area contributed by atoms with Crippen LogP contribution in [0.1, 0.15) is 12.6 Å². The van der Waals surface area contributed by atoms with Gasteiger partial charge in [-0.2, -0.15) is 0 Å². The van der Waals surface area contributed by atoms with Crippen molar-refractivity contribution in [2.45, 2.75) is 23.5 Å². The molecule has 0 aliphatic rings. The number of nitrogens with one attached hydrogen (secondary N) is 1. The minimum absolute atomic E-state index is 0.0646. The molecule has 1 amide bonds. The van der Waals surface area contributed by atoms with E-state index in [1.807, 2.05) is 55.5 Å². The lowest BCUT2D eigenvalue weighted by atomic mass is 10.2. The second-order valence-corrected chi connectivity index (χ2v) is 5.85. The Labute approximate surface area is 123 Å². The fraction of sp³-hybridized carbons (Fsp3) is 0.250. The molecule has 0 aliphatic heterocycles. The molecule has 0 radical (unpaired) electrons. The number of hydrogen-bond donors (Lipinski definition) is 1. The average Bonchev–Trinajstić information content (AvgIpc) is 2.49. The number of benzene rings is 1. The number of pyridine rings is 1. The van der Waals surface area contributed by atoms with Gasteiger partial charge in [0.05, 0.1) is 5.25 Å². The SMILES string of the molecule is CC(Sc1ccccc1)C(=O)NCCc1ccccn1. The van der Waals surface area contributed by atoms with Crippen molar-refractivity contribution in [2.75, 3.05) is 6.54 Å². The molecule has 0 spiro atoms. The summed E-state index contributed by atoms with van der Waals surface area (Å²) >= 11 is 1.57. The van der Waals surface area contributed by atoms with Gasteiger partial charge >= 0.3 is 0 Å². The lowest BCUT2D eigenvalue weighted by Gasteiger charge is -2.11. The highest BCUT2D eigenvalue weighted by Gasteiger charge is 2.13. The molecule has 20 heavy (non-hydrogen) atoms. The smallest absolute Gasteiger partial charge is 0.233 e. The van der Waals surface area contributed by atoms with Gasteiger partial charge in [-0.1, -0.05) is 24.3 Å². The highest BCUT2D eigenvalue weighted by atomic mass is 32.2. The highest BCUT2D eigenvalue weighted by molar-refractivity contribution is 8.00. The van der Waals surface area contributed by atoms with Crippen molar-refractivity contribution in [3.63, 3.8) is 0 Å². The molecule has 1 unspecified atom stereocenters. The van der Waals surface area contributed by atoms with Crippen molar-refractivity contribution in [1.29, 1.82) is 0 Å². The Morgan fingerprint density at radius 1 is 1.20 bits per heavy atom. The molecule has 2 aromatic rings. The van der Waals surface area contributed by atoms with E-state index in [-0.39, 0.29) is 11.2 Å². The maximum absolute atomic E-state index is 12.0. The summed E-state index contributed by atoms with van der Waals surface area (Å²) in [6, 6.07) is 15.8. The van der Waals surface area contributed by atoms with Crippen LogP contribution >= 0.6 is 11.8 Å². The molecule has 0 aliphatic carbocycles. The van der Waals surface area contributed by atoms with E-state index in [4.69, 9.17) is 0 Å². The fourth-order valence-electron chi connectivity index (χ4n) is 1.76. The summed E-state index contributed by atoms with van der Waals surface area (Å²) in [6.07, 6.45) is 2.53. The van der Waals surface area contributed by atoms with Gasteiger partial charge in [0.1, 0.15) is 0 Å². The summed E-state index contributed by atoms with van der Waals surface area (Å²) in [5, 5.41) is 2.86. The summed E-state index contributed by atoms with van der Waals surface area (Å²) in [4.78, 5) is 17.3. The number of nitrogens with zero attached hydrogens (tertiary/aromatic N) is 1. The van der Waals surface area contributed by atoms with E-state index in [9.17, 15) is 4.79 Å². The highest BCUT2D eigenvalue weighted by Crippen LogP contribution is 2.22. The molecule has 0 saturated carbocycles. The molecule has 3 nitrogen and oxygen atoms in total. The fourth-order valence-corrected chi connectivity index (χ4v) is 2.67. The van der Waals surface area contributed by atoms with E-state index >= 15 is 0 Å². The predicted octanol–water partition coefficient (Wildman–Crippen LogP) is 2.92. The van der Waals surface area contributed by atoms with E-state index in [0.717, 1.165) is 17.0 Å². The molecule has 1 N–H and O–H groups in total. The number of carbonyl (C=O) groups is 1. The Morgan fingerprint density at radius 3 is 2.65 bits per heavy atom. The zero-order chi connectivity index (χ0) is 14.2. The number of rotatable bonds is 6. The maximum atomic E-state index is 12.0. The molecule has 0 bridgehead atoms. The van der Waals surface area contributed by atoms with Crippen LogP contribution in [0.5, 0.6) is 0 Å². The van der Waals surface area contributed by atoms with Crippen molar-refractivity contribution in [2.24, 2.45) is 0 Å². The number of hydrogen-bond acceptors (Lipinski definition) is 3. The molecule has 1 atom stereocenters. The summed E-state index contributed by atoms with van der Waals surface area (Å²) < 4.78 is 0. The third-order valence-electron chi connectivity index (χ3n) is 2.83. The largest absolute Gasteiger partial charge is 0.355 e. The van der Waals surface area contributed by atoms with Gasteiger partial charge in [0, 0.05) is 29.8 Å². The van der Waals surface area contributed by atoms with Crippen LogP contribution in [0, 0.1) is 0 Å². The Balaban J connectivity index is 1.74. The number of aromatic nitrogens is 1. The first kappa shape index (κ1) is 14.6. The van der Waals surface area contributed by atoms with Crippen LogP contribution in [0.4, 0.5) is 0 Å².